The van der Waals surface area contributed by atoms with Crippen LogP contribution in [-0.4, -0.2) is 43.3 Å². The van der Waals surface area contributed by atoms with Gasteiger partial charge in [-0.1, -0.05) is 0 Å². The van der Waals surface area contributed by atoms with Gasteiger partial charge in [0.1, 0.15) is 18.2 Å². The lowest BCUT2D eigenvalue weighted by molar-refractivity contribution is -0.142. The number of likely N-dealkylation sites (tertiary alicyclic amines) is 1. The first-order chi connectivity index (χ1) is 7.18. The number of aromatic nitrogens is 3. The summed E-state index contributed by atoms with van der Waals surface area (Å²) in [6, 6.07) is -0.360. The van der Waals surface area contributed by atoms with E-state index >= 15 is 0 Å². The number of hydrogen-bond donors (Lipinski definition) is 1. The molecule has 1 unspecified atom stereocenters. The second-order valence-electron chi connectivity index (χ2n) is 3.77. The van der Waals surface area contributed by atoms with Gasteiger partial charge in [-0.15, -0.1) is 0 Å². The fourth-order valence-electron chi connectivity index (χ4n) is 1.94. The van der Waals surface area contributed by atoms with E-state index in [1.807, 2.05) is 11.9 Å². The Morgan fingerprint density at radius 2 is 2.53 bits per heavy atom. The van der Waals surface area contributed by atoms with Crippen LogP contribution in [-0.2, 0) is 18.4 Å². The number of aryl methyl sites for hydroxylation is 1. The van der Waals surface area contributed by atoms with Crippen molar-refractivity contribution in [1.82, 2.24) is 19.7 Å². The Bertz CT molecular complexity index is 363. The van der Waals surface area contributed by atoms with Gasteiger partial charge >= 0.3 is 5.97 Å². The van der Waals surface area contributed by atoms with E-state index in [4.69, 9.17) is 5.11 Å². The highest BCUT2D eigenvalue weighted by atomic mass is 16.4. The second-order valence-corrected chi connectivity index (χ2v) is 3.77. The van der Waals surface area contributed by atoms with E-state index in [-0.39, 0.29) is 6.04 Å². The number of carbonyl (C=O) groups is 1. The van der Waals surface area contributed by atoms with Gasteiger partial charge in [0, 0.05) is 7.05 Å². The van der Waals surface area contributed by atoms with Crippen LogP contribution in [0.2, 0.25) is 0 Å². The van der Waals surface area contributed by atoms with Crippen molar-refractivity contribution in [2.24, 2.45) is 7.05 Å². The molecule has 0 saturated carbocycles. The second kappa shape index (κ2) is 3.98. The van der Waals surface area contributed by atoms with Gasteiger partial charge in [0.05, 0.1) is 6.54 Å². The summed E-state index contributed by atoms with van der Waals surface area (Å²) in [4.78, 5) is 17.0. The van der Waals surface area contributed by atoms with Gasteiger partial charge in [-0.3, -0.25) is 14.4 Å². The highest BCUT2D eigenvalue weighted by molar-refractivity contribution is 5.73. The highest BCUT2D eigenvalue weighted by Gasteiger charge is 2.30. The smallest absolute Gasteiger partial charge is 0.320 e. The van der Waals surface area contributed by atoms with Crippen LogP contribution in [0.25, 0.3) is 0 Å². The van der Waals surface area contributed by atoms with Crippen molar-refractivity contribution in [1.29, 1.82) is 0 Å². The molecule has 15 heavy (non-hydrogen) atoms. The standard InChI is InChI=1S/C9H14N4O2/c1-12-8(10-6-11-12)5-13-4-2-3-7(13)9(14)15/h6-7H,2-5H2,1H3,(H,14,15). The summed E-state index contributed by atoms with van der Waals surface area (Å²) in [5, 5.41) is 13.0. The molecular formula is C9H14N4O2. The lowest BCUT2D eigenvalue weighted by Crippen LogP contribution is -2.36. The van der Waals surface area contributed by atoms with Crippen molar-refractivity contribution in [3.05, 3.63) is 12.2 Å². The summed E-state index contributed by atoms with van der Waals surface area (Å²) >= 11 is 0. The lowest BCUT2D eigenvalue weighted by atomic mass is 10.2. The quantitative estimate of drug-likeness (QED) is 0.752. The highest BCUT2D eigenvalue weighted by Crippen LogP contribution is 2.19. The third kappa shape index (κ3) is 1.99. The summed E-state index contributed by atoms with van der Waals surface area (Å²) < 4.78 is 1.68. The summed E-state index contributed by atoms with van der Waals surface area (Å²) in [6.45, 7) is 1.39. The first kappa shape index (κ1) is 10.1. The van der Waals surface area contributed by atoms with Crippen LogP contribution in [0.5, 0.6) is 0 Å². The Labute approximate surface area is 87.5 Å². The minimum absolute atomic E-state index is 0.360. The van der Waals surface area contributed by atoms with Crippen LogP contribution in [0.3, 0.4) is 0 Å². The minimum atomic E-state index is -0.741. The summed E-state index contributed by atoms with van der Waals surface area (Å²) in [5.41, 5.74) is 0. The average Bonchev–Trinajstić information content (AvgIpc) is 2.77. The number of carboxylic acid groups (broad SMARTS) is 1. The number of carboxylic acids is 1. The molecular weight excluding hydrogens is 196 g/mol. The molecule has 0 amide bonds. The molecule has 0 aliphatic carbocycles. The predicted octanol–water partition coefficient (Wildman–Crippen LogP) is -0.136. The zero-order valence-corrected chi connectivity index (χ0v) is 8.63. The summed E-state index contributed by atoms with van der Waals surface area (Å²) in [7, 11) is 1.81. The fraction of sp³-hybridized carbons (Fsp3) is 0.667. The summed E-state index contributed by atoms with van der Waals surface area (Å²) in [5.74, 6) is 0.0674. The first-order valence-corrected chi connectivity index (χ1v) is 4.98. The fourth-order valence-corrected chi connectivity index (χ4v) is 1.94. The Morgan fingerprint density at radius 3 is 3.13 bits per heavy atom. The number of rotatable bonds is 3. The van der Waals surface area contributed by atoms with Crippen molar-refractivity contribution in [3.63, 3.8) is 0 Å². The molecule has 6 nitrogen and oxygen atoms in total. The SMILES string of the molecule is Cn1ncnc1CN1CCCC1C(=O)O. The van der Waals surface area contributed by atoms with Crippen LogP contribution in [0.4, 0.5) is 0 Å². The van der Waals surface area contributed by atoms with E-state index in [2.05, 4.69) is 10.1 Å². The molecule has 1 fully saturated rings. The largest absolute Gasteiger partial charge is 0.480 e. The van der Waals surface area contributed by atoms with Crippen LogP contribution in [0.15, 0.2) is 6.33 Å². The molecule has 1 aliphatic rings. The zero-order valence-electron chi connectivity index (χ0n) is 8.63. The van der Waals surface area contributed by atoms with Crippen LogP contribution < -0.4 is 0 Å². The van der Waals surface area contributed by atoms with Gasteiger partial charge in [-0.25, -0.2) is 4.98 Å². The molecule has 82 valence electrons. The van der Waals surface area contributed by atoms with Crippen LogP contribution in [0.1, 0.15) is 18.7 Å². The molecule has 2 rings (SSSR count). The van der Waals surface area contributed by atoms with Crippen molar-refractivity contribution < 1.29 is 9.90 Å². The first-order valence-electron chi connectivity index (χ1n) is 4.98. The molecule has 2 heterocycles. The maximum atomic E-state index is 10.9. The Kier molecular flexibility index (Phi) is 2.68. The Balaban J connectivity index is 2.06. The molecule has 0 spiro atoms. The average molecular weight is 210 g/mol. The molecule has 1 aromatic heterocycles. The van der Waals surface area contributed by atoms with Gasteiger partial charge in [0.25, 0.3) is 0 Å². The van der Waals surface area contributed by atoms with Gasteiger partial charge < -0.3 is 5.11 Å². The predicted molar refractivity (Wildman–Crippen MR) is 52.1 cm³/mol. The number of hydrogen-bond acceptors (Lipinski definition) is 4. The van der Waals surface area contributed by atoms with E-state index in [0.717, 1.165) is 25.2 Å². The molecule has 1 N–H and O–H groups in total. The summed E-state index contributed by atoms with van der Waals surface area (Å²) in [6.07, 6.45) is 3.16. The Hall–Kier alpha value is -1.43. The van der Waals surface area contributed by atoms with Crippen molar-refractivity contribution in [2.45, 2.75) is 25.4 Å². The topological polar surface area (TPSA) is 71.2 Å². The van der Waals surface area contributed by atoms with Gasteiger partial charge in [0.15, 0.2) is 0 Å². The molecule has 1 saturated heterocycles. The Morgan fingerprint density at radius 1 is 1.73 bits per heavy atom. The van der Waals surface area contributed by atoms with E-state index in [1.54, 1.807) is 4.68 Å². The van der Waals surface area contributed by atoms with E-state index in [1.165, 1.54) is 6.33 Å². The number of aliphatic carboxylic acids is 1. The monoisotopic (exact) mass is 210 g/mol. The van der Waals surface area contributed by atoms with Gasteiger partial charge in [-0.2, -0.15) is 5.10 Å². The third-order valence-corrected chi connectivity index (χ3v) is 2.80. The lowest BCUT2D eigenvalue weighted by Gasteiger charge is -2.19. The van der Waals surface area contributed by atoms with Crippen molar-refractivity contribution in [3.8, 4) is 0 Å². The molecule has 0 bridgehead atoms. The van der Waals surface area contributed by atoms with Crippen molar-refractivity contribution in [2.75, 3.05) is 6.54 Å². The van der Waals surface area contributed by atoms with Gasteiger partial charge in [0.2, 0.25) is 0 Å². The van der Waals surface area contributed by atoms with E-state index in [0.29, 0.717) is 6.54 Å². The van der Waals surface area contributed by atoms with E-state index < -0.39 is 5.97 Å². The molecule has 1 aliphatic heterocycles. The van der Waals surface area contributed by atoms with Crippen molar-refractivity contribution >= 4 is 5.97 Å². The molecule has 1 aromatic rings. The van der Waals surface area contributed by atoms with Crippen LogP contribution in [0, 0.1) is 0 Å². The number of nitrogens with zero attached hydrogens (tertiary/aromatic N) is 4. The van der Waals surface area contributed by atoms with Gasteiger partial charge in [-0.05, 0) is 19.4 Å². The molecule has 1 atom stereocenters. The maximum Gasteiger partial charge on any atom is 0.320 e. The van der Waals surface area contributed by atoms with Crippen LogP contribution >= 0.6 is 0 Å². The molecule has 6 heteroatoms. The third-order valence-electron chi connectivity index (χ3n) is 2.80. The molecule has 0 aromatic carbocycles. The molecule has 0 radical (unpaired) electrons. The normalized spacial score (nSPS) is 22.1. The maximum absolute atomic E-state index is 10.9. The van der Waals surface area contributed by atoms with E-state index in [9.17, 15) is 4.79 Å². The zero-order chi connectivity index (χ0) is 10.8. The minimum Gasteiger partial charge on any atom is -0.480 e.